The molecule has 0 saturated carbocycles. The Hall–Kier alpha value is -1.18. The lowest BCUT2D eigenvalue weighted by atomic mass is 10.0. The third-order valence-electron chi connectivity index (χ3n) is 2.33. The number of methoxy groups -OCH3 is 3. The average Bonchev–Trinajstić information content (AvgIpc) is 2.30. The average molecular weight is 234 g/mol. The molecule has 0 radical (unpaired) electrons. The van der Waals surface area contributed by atoms with Crippen LogP contribution in [0.5, 0.6) is 0 Å². The molecule has 92 valence electrons. The lowest BCUT2D eigenvalue weighted by molar-refractivity contribution is -0.259. The number of hydrogen-bond acceptors (Lipinski definition) is 7. The second-order valence-electron chi connectivity index (χ2n) is 3.09. The number of cyclic esters (lactones) is 1. The van der Waals surface area contributed by atoms with Crippen LogP contribution in [0.3, 0.4) is 0 Å². The van der Waals surface area contributed by atoms with Crippen molar-refractivity contribution < 1.29 is 33.3 Å². The van der Waals surface area contributed by atoms with Gasteiger partial charge in [0.1, 0.15) is 12.2 Å². The van der Waals surface area contributed by atoms with Crippen molar-refractivity contribution in [2.75, 3.05) is 21.3 Å². The second kappa shape index (κ2) is 5.78. The minimum absolute atomic E-state index is 0.164. The lowest BCUT2D eigenvalue weighted by Crippen LogP contribution is -2.58. The van der Waals surface area contributed by atoms with Gasteiger partial charge in [-0.1, -0.05) is 0 Å². The van der Waals surface area contributed by atoms with Crippen LogP contribution in [0.1, 0.15) is 0 Å². The molecule has 7 heteroatoms. The van der Waals surface area contributed by atoms with Gasteiger partial charge in [0.25, 0.3) is 6.47 Å². The molecule has 4 atom stereocenters. The Balaban J connectivity index is 2.87. The first-order valence-electron chi connectivity index (χ1n) is 4.57. The van der Waals surface area contributed by atoms with Gasteiger partial charge in [-0.05, 0) is 0 Å². The zero-order valence-corrected chi connectivity index (χ0v) is 9.24. The van der Waals surface area contributed by atoms with Crippen LogP contribution in [0.15, 0.2) is 0 Å². The van der Waals surface area contributed by atoms with Crippen LogP contribution < -0.4 is 0 Å². The highest BCUT2D eigenvalue weighted by atomic mass is 16.7. The second-order valence-corrected chi connectivity index (χ2v) is 3.09. The van der Waals surface area contributed by atoms with Gasteiger partial charge >= 0.3 is 5.97 Å². The fourth-order valence-corrected chi connectivity index (χ4v) is 1.59. The molecular formula is C9H14O7. The summed E-state index contributed by atoms with van der Waals surface area (Å²) in [5, 5.41) is 0. The van der Waals surface area contributed by atoms with Crippen LogP contribution in [0.4, 0.5) is 0 Å². The van der Waals surface area contributed by atoms with E-state index in [2.05, 4.69) is 4.74 Å². The SMILES string of the molecule is CO[C@H]1OC(=O)[C@@H](OC=O)[C@@H](OC)[C@@H]1OC. The molecule has 0 aromatic heterocycles. The van der Waals surface area contributed by atoms with Crippen molar-refractivity contribution >= 4 is 12.4 Å². The molecule has 7 nitrogen and oxygen atoms in total. The highest BCUT2D eigenvalue weighted by Gasteiger charge is 2.48. The van der Waals surface area contributed by atoms with E-state index in [0.29, 0.717) is 0 Å². The van der Waals surface area contributed by atoms with Crippen molar-refractivity contribution in [3.8, 4) is 0 Å². The Morgan fingerprint density at radius 3 is 2.19 bits per heavy atom. The lowest BCUT2D eigenvalue weighted by Gasteiger charge is -2.37. The molecule has 0 spiro atoms. The van der Waals surface area contributed by atoms with E-state index < -0.39 is 30.6 Å². The minimum Gasteiger partial charge on any atom is -0.450 e. The molecule has 16 heavy (non-hydrogen) atoms. The zero-order chi connectivity index (χ0) is 12.1. The monoisotopic (exact) mass is 234 g/mol. The Bertz CT molecular complexity index is 254. The van der Waals surface area contributed by atoms with Crippen molar-refractivity contribution in [3.05, 3.63) is 0 Å². The first-order valence-corrected chi connectivity index (χ1v) is 4.57. The number of ether oxygens (including phenoxy) is 5. The molecule has 0 aliphatic carbocycles. The molecule has 1 aliphatic rings. The maximum atomic E-state index is 11.5. The number of rotatable bonds is 5. The van der Waals surface area contributed by atoms with Crippen molar-refractivity contribution in [1.29, 1.82) is 0 Å². The number of carbonyl (C=O) groups is 2. The standard InChI is InChI=1S/C9H14O7/c1-12-5-6(15-4-10)8(11)16-9(14-3)7(5)13-2/h4-7,9H,1-3H3/t5-,6+,7+,9+/m1/s1. The van der Waals surface area contributed by atoms with Crippen LogP contribution in [0.2, 0.25) is 0 Å². The molecule has 1 saturated heterocycles. The Morgan fingerprint density at radius 2 is 1.75 bits per heavy atom. The molecule has 0 unspecified atom stereocenters. The van der Waals surface area contributed by atoms with Gasteiger partial charge in [-0.25, -0.2) is 4.79 Å². The summed E-state index contributed by atoms with van der Waals surface area (Å²) in [6, 6.07) is 0. The third kappa shape index (κ3) is 2.31. The predicted molar refractivity (Wildman–Crippen MR) is 49.4 cm³/mol. The van der Waals surface area contributed by atoms with Crippen LogP contribution in [-0.2, 0) is 33.3 Å². The summed E-state index contributed by atoms with van der Waals surface area (Å²) in [6.07, 6.45) is -3.44. The fourth-order valence-electron chi connectivity index (χ4n) is 1.59. The molecule has 1 fully saturated rings. The molecule has 0 N–H and O–H groups in total. The Labute approximate surface area is 92.5 Å². The van der Waals surface area contributed by atoms with Crippen molar-refractivity contribution in [2.24, 2.45) is 0 Å². The van der Waals surface area contributed by atoms with E-state index in [0.717, 1.165) is 0 Å². The van der Waals surface area contributed by atoms with E-state index in [1.54, 1.807) is 0 Å². The summed E-state index contributed by atoms with van der Waals surface area (Å²) in [6.45, 7) is 0.164. The van der Waals surface area contributed by atoms with Gasteiger partial charge in [0.2, 0.25) is 12.4 Å². The van der Waals surface area contributed by atoms with Gasteiger partial charge in [-0.3, -0.25) is 4.79 Å². The maximum absolute atomic E-state index is 11.5. The molecule has 1 rings (SSSR count). The topological polar surface area (TPSA) is 80.3 Å². The van der Waals surface area contributed by atoms with Crippen LogP contribution in [0, 0.1) is 0 Å². The van der Waals surface area contributed by atoms with Gasteiger partial charge < -0.3 is 23.7 Å². The van der Waals surface area contributed by atoms with Crippen molar-refractivity contribution in [1.82, 2.24) is 0 Å². The van der Waals surface area contributed by atoms with Crippen LogP contribution in [0.25, 0.3) is 0 Å². The van der Waals surface area contributed by atoms with Gasteiger partial charge in [-0.15, -0.1) is 0 Å². The maximum Gasteiger partial charge on any atom is 0.352 e. The molecule has 0 aromatic carbocycles. The smallest absolute Gasteiger partial charge is 0.352 e. The molecule has 0 bridgehead atoms. The normalized spacial score (nSPS) is 34.3. The third-order valence-corrected chi connectivity index (χ3v) is 2.33. The summed E-state index contributed by atoms with van der Waals surface area (Å²) in [5.41, 5.74) is 0. The molecule has 0 aromatic rings. The zero-order valence-electron chi connectivity index (χ0n) is 9.24. The van der Waals surface area contributed by atoms with E-state index >= 15 is 0 Å². The van der Waals surface area contributed by atoms with Crippen molar-refractivity contribution in [2.45, 2.75) is 24.6 Å². The number of carbonyl (C=O) groups excluding carboxylic acids is 2. The first-order chi connectivity index (χ1) is 7.69. The summed E-state index contributed by atoms with van der Waals surface area (Å²) in [7, 11) is 4.17. The molecule has 1 heterocycles. The summed E-state index contributed by atoms with van der Waals surface area (Å²) in [5.74, 6) is -0.723. The Kier molecular flexibility index (Phi) is 4.66. The molecular weight excluding hydrogens is 220 g/mol. The van der Waals surface area contributed by atoms with E-state index in [1.165, 1.54) is 21.3 Å². The van der Waals surface area contributed by atoms with E-state index in [4.69, 9.17) is 18.9 Å². The minimum atomic E-state index is -1.14. The van der Waals surface area contributed by atoms with Gasteiger partial charge in [0, 0.05) is 21.3 Å². The Morgan fingerprint density at radius 1 is 1.12 bits per heavy atom. The van der Waals surface area contributed by atoms with E-state index in [1.807, 2.05) is 0 Å². The van der Waals surface area contributed by atoms with Crippen LogP contribution in [-0.4, -0.2) is 58.4 Å². The van der Waals surface area contributed by atoms with Gasteiger partial charge in [0.05, 0.1) is 0 Å². The highest BCUT2D eigenvalue weighted by molar-refractivity contribution is 5.78. The highest BCUT2D eigenvalue weighted by Crippen LogP contribution is 2.23. The van der Waals surface area contributed by atoms with Crippen molar-refractivity contribution in [3.63, 3.8) is 0 Å². The molecule has 0 amide bonds. The first kappa shape index (κ1) is 12.9. The van der Waals surface area contributed by atoms with Crippen LogP contribution >= 0.6 is 0 Å². The predicted octanol–water partition coefficient (Wildman–Crippen LogP) is -0.913. The van der Waals surface area contributed by atoms with Gasteiger partial charge in [0.15, 0.2) is 0 Å². The fraction of sp³-hybridized carbons (Fsp3) is 0.778. The summed E-state index contributed by atoms with van der Waals surface area (Å²) < 4.78 is 24.6. The largest absolute Gasteiger partial charge is 0.450 e. The molecule has 1 aliphatic heterocycles. The quantitative estimate of drug-likeness (QED) is 0.450. The summed E-state index contributed by atoms with van der Waals surface area (Å²) >= 11 is 0. The van der Waals surface area contributed by atoms with Gasteiger partial charge in [-0.2, -0.15) is 0 Å². The summed E-state index contributed by atoms with van der Waals surface area (Å²) in [4.78, 5) is 21.7. The number of hydrogen-bond donors (Lipinski definition) is 0. The van der Waals surface area contributed by atoms with E-state index in [9.17, 15) is 9.59 Å². The van der Waals surface area contributed by atoms with E-state index in [-0.39, 0.29) is 6.47 Å². The number of esters is 1.